The zero-order valence-electron chi connectivity index (χ0n) is 9.63. The van der Waals surface area contributed by atoms with E-state index in [9.17, 15) is 5.26 Å². The molecule has 4 heteroatoms. The minimum atomic E-state index is 0.964. The highest BCUT2D eigenvalue weighted by Gasteiger charge is 2.12. The van der Waals surface area contributed by atoms with Crippen molar-refractivity contribution in [3.8, 4) is 0 Å². The quantitative estimate of drug-likeness (QED) is 0.452. The second kappa shape index (κ2) is 4.99. The van der Waals surface area contributed by atoms with Gasteiger partial charge in [-0.05, 0) is 62.4 Å². The molecule has 0 unspecified atom stereocenters. The molecule has 84 valence electrons. The normalized spacial score (nSPS) is 10.8. The number of hydrogen-bond acceptors (Lipinski definition) is 4. The molecular weight excluding hydrogens is 212 g/mol. The summed E-state index contributed by atoms with van der Waals surface area (Å²) in [5.74, 6) is 0. The molecule has 0 aliphatic rings. The Labute approximate surface area is 94.5 Å². The van der Waals surface area contributed by atoms with Gasteiger partial charge in [0.25, 0.3) is 0 Å². The Kier molecular flexibility index (Phi) is 4.16. The van der Waals surface area contributed by atoms with Crippen molar-refractivity contribution in [2.24, 2.45) is 0 Å². The summed E-state index contributed by atoms with van der Waals surface area (Å²) in [5.41, 5.74) is 6.03. The van der Waals surface area contributed by atoms with Gasteiger partial charge in [-0.2, -0.15) is 4.33 Å². The summed E-state index contributed by atoms with van der Waals surface area (Å²) in [7, 11) is 0. The van der Waals surface area contributed by atoms with Crippen molar-refractivity contribution in [2.75, 3.05) is 0 Å². The van der Waals surface area contributed by atoms with Crippen molar-refractivity contribution >= 4 is 12.0 Å². The van der Waals surface area contributed by atoms with Crippen molar-refractivity contribution in [1.82, 2.24) is 0 Å². The van der Waals surface area contributed by atoms with Crippen LogP contribution in [0.2, 0.25) is 0 Å². The second-order valence-electron chi connectivity index (χ2n) is 3.67. The first-order chi connectivity index (χ1) is 7.00. The molecule has 0 aliphatic heterocycles. The Bertz CT molecular complexity index is 346. The molecule has 0 fully saturated rings. The summed E-state index contributed by atoms with van der Waals surface area (Å²) in [5, 5.41) is 13.2. The van der Waals surface area contributed by atoms with Crippen LogP contribution < -0.4 is 5.26 Å². The zero-order chi connectivity index (χ0) is 11.6. The van der Waals surface area contributed by atoms with E-state index in [1.54, 1.807) is 0 Å². The lowest BCUT2D eigenvalue weighted by Gasteiger charge is -2.17. The third-order valence-electron chi connectivity index (χ3n) is 3.08. The monoisotopic (exact) mass is 227 g/mol. The lowest BCUT2D eigenvalue weighted by atomic mass is 9.95. The van der Waals surface area contributed by atoms with Gasteiger partial charge in [-0.15, -0.1) is 0 Å². The molecule has 1 rings (SSSR count). The van der Waals surface area contributed by atoms with Crippen LogP contribution in [0.5, 0.6) is 0 Å². The minimum Gasteiger partial charge on any atom is -0.691 e. The third kappa shape index (κ3) is 2.34. The molecule has 0 heterocycles. The van der Waals surface area contributed by atoms with E-state index >= 15 is 0 Å². The Morgan fingerprint density at radius 2 is 1.20 bits per heavy atom. The van der Waals surface area contributed by atoms with E-state index in [0.29, 0.717) is 0 Å². The number of hydrogen-bond donors (Lipinski definition) is 0. The molecule has 0 spiro atoms. The van der Waals surface area contributed by atoms with Gasteiger partial charge in [0.05, 0.1) is 12.0 Å². The fraction of sp³-hybridized carbons (Fsp3) is 0.455. The van der Waals surface area contributed by atoms with Crippen molar-refractivity contribution in [2.45, 2.75) is 39.5 Å². The summed E-state index contributed by atoms with van der Waals surface area (Å²) in [6.07, 6.45) is 0. The van der Waals surface area contributed by atoms with Gasteiger partial charge in [-0.25, -0.2) is 0 Å². The molecule has 3 nitrogen and oxygen atoms in total. The lowest BCUT2D eigenvalue weighted by Crippen LogP contribution is -2.03. The van der Waals surface area contributed by atoms with E-state index in [1.807, 2.05) is 13.8 Å². The first kappa shape index (κ1) is 12.5. The van der Waals surface area contributed by atoms with E-state index in [2.05, 4.69) is 30.1 Å². The molecule has 0 atom stereocenters. The molecule has 0 saturated heterocycles. The number of rotatable bonds is 3. The maximum Gasteiger partial charge on any atom is 0.0679 e. The van der Waals surface area contributed by atoms with Crippen LogP contribution in [0.15, 0.2) is 4.90 Å². The molecule has 1 aromatic carbocycles. The fourth-order valence-corrected chi connectivity index (χ4v) is 2.29. The summed E-state index contributed by atoms with van der Waals surface area (Å²) in [6, 6.07) is 0. The Balaban J connectivity index is 3.26. The number of benzene rings is 1. The molecular formula is C11H15O3S-. The lowest BCUT2D eigenvalue weighted by molar-refractivity contribution is -0.777. The van der Waals surface area contributed by atoms with E-state index in [1.165, 1.54) is 16.7 Å². The van der Waals surface area contributed by atoms with Crippen molar-refractivity contribution < 1.29 is 14.6 Å². The van der Waals surface area contributed by atoms with Gasteiger partial charge in [0.1, 0.15) is 0 Å². The molecule has 0 bridgehead atoms. The van der Waals surface area contributed by atoms with Gasteiger partial charge in [0.15, 0.2) is 0 Å². The Morgan fingerprint density at radius 1 is 0.800 bits per heavy atom. The van der Waals surface area contributed by atoms with E-state index in [0.717, 1.165) is 28.1 Å². The molecule has 0 saturated carbocycles. The predicted octanol–water partition coefficient (Wildman–Crippen LogP) is 2.46. The molecule has 0 radical (unpaired) electrons. The second-order valence-corrected chi connectivity index (χ2v) is 4.38. The van der Waals surface area contributed by atoms with Crippen molar-refractivity contribution in [3.05, 3.63) is 27.8 Å². The average molecular weight is 227 g/mol. The average Bonchev–Trinajstić information content (AvgIpc) is 2.24. The van der Waals surface area contributed by atoms with Crippen LogP contribution >= 0.6 is 12.0 Å². The van der Waals surface area contributed by atoms with Gasteiger partial charge < -0.3 is 5.26 Å². The van der Waals surface area contributed by atoms with Crippen LogP contribution in [0.4, 0.5) is 0 Å². The summed E-state index contributed by atoms with van der Waals surface area (Å²) in [4.78, 5) is 0.964. The summed E-state index contributed by atoms with van der Waals surface area (Å²) < 4.78 is 4.39. The van der Waals surface area contributed by atoms with Gasteiger partial charge in [-0.1, -0.05) is 0 Å². The largest absolute Gasteiger partial charge is 0.691 e. The first-order valence-corrected chi connectivity index (χ1v) is 5.45. The highest BCUT2D eigenvalue weighted by atomic mass is 32.2. The van der Waals surface area contributed by atoms with Crippen molar-refractivity contribution in [3.63, 3.8) is 0 Å². The van der Waals surface area contributed by atoms with E-state index < -0.39 is 0 Å². The molecule has 1 aromatic rings. The first-order valence-electron chi connectivity index (χ1n) is 4.70. The van der Waals surface area contributed by atoms with Crippen LogP contribution in [-0.2, 0) is 9.37 Å². The third-order valence-corrected chi connectivity index (χ3v) is 3.98. The highest BCUT2D eigenvalue weighted by molar-refractivity contribution is 7.94. The van der Waals surface area contributed by atoms with Crippen molar-refractivity contribution in [1.29, 1.82) is 0 Å². The van der Waals surface area contributed by atoms with Gasteiger partial charge in [0.2, 0.25) is 0 Å². The molecule has 0 aliphatic carbocycles. The smallest absolute Gasteiger partial charge is 0.0679 e. The SMILES string of the molecule is Cc1c(C)c(C)c(SOO[O-])c(C)c1C. The minimum absolute atomic E-state index is 0.964. The van der Waals surface area contributed by atoms with Crippen LogP contribution in [0.3, 0.4) is 0 Å². The Hall–Kier alpha value is -0.550. The highest BCUT2D eigenvalue weighted by Crippen LogP contribution is 2.33. The van der Waals surface area contributed by atoms with Gasteiger partial charge in [0, 0.05) is 4.90 Å². The zero-order valence-corrected chi connectivity index (χ0v) is 10.4. The van der Waals surface area contributed by atoms with Crippen LogP contribution in [0.25, 0.3) is 0 Å². The molecule has 0 N–H and O–H groups in total. The van der Waals surface area contributed by atoms with Crippen LogP contribution in [0, 0.1) is 34.6 Å². The fourth-order valence-electron chi connectivity index (χ4n) is 1.64. The molecule has 0 aromatic heterocycles. The van der Waals surface area contributed by atoms with Crippen LogP contribution in [-0.4, -0.2) is 0 Å². The maximum atomic E-state index is 9.82. The standard InChI is InChI=1S/C11H16O3S/c1-6-7(2)9(4)11(15-14-13-12)10(5)8(6)3/h12H,1-5H3/p-1. The summed E-state index contributed by atoms with van der Waals surface area (Å²) in [6.45, 7) is 10.3. The Morgan fingerprint density at radius 3 is 1.60 bits per heavy atom. The van der Waals surface area contributed by atoms with E-state index in [4.69, 9.17) is 0 Å². The van der Waals surface area contributed by atoms with Gasteiger partial charge in [-0.3, -0.25) is 5.04 Å². The molecule has 15 heavy (non-hydrogen) atoms. The molecule has 0 amide bonds. The van der Waals surface area contributed by atoms with E-state index in [-0.39, 0.29) is 0 Å². The maximum absolute atomic E-state index is 9.82. The van der Waals surface area contributed by atoms with Gasteiger partial charge >= 0.3 is 0 Å². The summed E-state index contributed by atoms with van der Waals surface area (Å²) >= 11 is 0.976. The predicted molar refractivity (Wildman–Crippen MR) is 58.2 cm³/mol. The topological polar surface area (TPSA) is 41.5 Å². The van der Waals surface area contributed by atoms with Crippen LogP contribution in [0.1, 0.15) is 27.8 Å².